The van der Waals surface area contributed by atoms with E-state index in [2.05, 4.69) is 29.8 Å². The van der Waals surface area contributed by atoms with Crippen LogP contribution >= 0.6 is 0 Å². The van der Waals surface area contributed by atoms with Gasteiger partial charge in [-0.15, -0.1) is 0 Å². The second kappa shape index (κ2) is 6.48. The molecule has 106 valence electrons. The van der Waals surface area contributed by atoms with E-state index in [1.54, 1.807) is 0 Å². The van der Waals surface area contributed by atoms with Gasteiger partial charge in [-0.1, -0.05) is 18.2 Å². The third-order valence-electron chi connectivity index (χ3n) is 3.49. The molecule has 0 aliphatic carbocycles. The number of nitrogens with zero attached hydrogens (tertiary/aromatic N) is 2. The topological polar surface area (TPSA) is 59.2 Å². The molecule has 0 fully saturated rings. The lowest BCUT2D eigenvalue weighted by atomic mass is 10.1. The number of amides is 1. The van der Waals surface area contributed by atoms with E-state index in [4.69, 9.17) is 5.73 Å². The summed E-state index contributed by atoms with van der Waals surface area (Å²) in [5, 5.41) is 1.17. The Morgan fingerprint density at radius 3 is 2.75 bits per heavy atom. The number of carbonyl (C=O) groups excluding carboxylic acids is 1. The molecule has 20 heavy (non-hydrogen) atoms. The van der Waals surface area contributed by atoms with Crippen molar-refractivity contribution in [3.05, 3.63) is 42.1 Å². The van der Waals surface area contributed by atoms with Crippen LogP contribution in [0.3, 0.4) is 0 Å². The number of hydrogen-bond donors (Lipinski definition) is 1. The van der Waals surface area contributed by atoms with Crippen LogP contribution in [-0.4, -0.2) is 28.4 Å². The Morgan fingerprint density at radius 2 is 2.05 bits per heavy atom. The van der Waals surface area contributed by atoms with Crippen LogP contribution < -0.4 is 5.73 Å². The first-order valence-corrected chi connectivity index (χ1v) is 6.93. The third kappa shape index (κ3) is 3.54. The standard InChI is InChI=1S/C16H21N3O/c1-12(2)19(10-8-16(17)20)11-13-7-9-18-15-6-4-3-5-14(13)15/h3-7,9,12H,8,10-11H2,1-2H3,(H2,17,20). The van der Waals surface area contributed by atoms with Crippen LogP contribution in [0, 0.1) is 0 Å². The van der Waals surface area contributed by atoms with Crippen LogP contribution in [0.15, 0.2) is 36.5 Å². The molecule has 4 nitrogen and oxygen atoms in total. The molecular weight excluding hydrogens is 250 g/mol. The number of pyridine rings is 1. The first kappa shape index (κ1) is 14.5. The zero-order valence-electron chi connectivity index (χ0n) is 12.0. The molecule has 0 atom stereocenters. The number of para-hydroxylation sites is 1. The van der Waals surface area contributed by atoms with Crippen molar-refractivity contribution < 1.29 is 4.79 Å². The molecule has 1 aromatic carbocycles. The monoisotopic (exact) mass is 271 g/mol. The molecule has 1 heterocycles. The van der Waals surface area contributed by atoms with Gasteiger partial charge in [-0.05, 0) is 31.5 Å². The lowest BCUT2D eigenvalue weighted by Crippen LogP contribution is -2.33. The van der Waals surface area contributed by atoms with Crippen molar-refractivity contribution in [2.24, 2.45) is 5.73 Å². The maximum Gasteiger partial charge on any atom is 0.218 e. The maximum absolute atomic E-state index is 11.0. The van der Waals surface area contributed by atoms with Gasteiger partial charge in [-0.25, -0.2) is 0 Å². The van der Waals surface area contributed by atoms with E-state index < -0.39 is 0 Å². The highest BCUT2D eigenvalue weighted by molar-refractivity contribution is 5.81. The minimum absolute atomic E-state index is 0.254. The summed E-state index contributed by atoms with van der Waals surface area (Å²) in [4.78, 5) is 17.6. The molecular formula is C16H21N3O. The Morgan fingerprint density at radius 1 is 1.30 bits per heavy atom. The number of rotatable bonds is 6. The molecule has 0 radical (unpaired) electrons. The number of benzene rings is 1. The molecule has 0 unspecified atom stereocenters. The Labute approximate surface area is 119 Å². The van der Waals surface area contributed by atoms with Crippen LogP contribution in [0.1, 0.15) is 25.8 Å². The quantitative estimate of drug-likeness (QED) is 0.877. The fourth-order valence-electron chi connectivity index (χ4n) is 2.29. The highest BCUT2D eigenvalue weighted by atomic mass is 16.1. The van der Waals surface area contributed by atoms with Gasteiger partial charge < -0.3 is 5.73 Å². The first-order valence-electron chi connectivity index (χ1n) is 6.93. The van der Waals surface area contributed by atoms with Crippen LogP contribution in [0.4, 0.5) is 0 Å². The Bertz CT molecular complexity index is 590. The van der Waals surface area contributed by atoms with Gasteiger partial charge in [0.05, 0.1) is 5.52 Å². The number of hydrogen-bond acceptors (Lipinski definition) is 3. The van der Waals surface area contributed by atoms with Crippen molar-refractivity contribution in [2.75, 3.05) is 6.54 Å². The van der Waals surface area contributed by atoms with Crippen molar-refractivity contribution in [1.82, 2.24) is 9.88 Å². The van der Waals surface area contributed by atoms with Gasteiger partial charge in [-0.2, -0.15) is 0 Å². The average Bonchev–Trinajstić information content (AvgIpc) is 2.43. The van der Waals surface area contributed by atoms with Gasteiger partial charge in [0.25, 0.3) is 0 Å². The van der Waals surface area contributed by atoms with Crippen LogP contribution in [-0.2, 0) is 11.3 Å². The molecule has 0 aliphatic rings. The smallest absolute Gasteiger partial charge is 0.218 e. The number of primary amides is 1. The van der Waals surface area contributed by atoms with Gasteiger partial charge in [-0.3, -0.25) is 14.7 Å². The maximum atomic E-state index is 11.0. The average molecular weight is 271 g/mol. The summed E-state index contributed by atoms with van der Waals surface area (Å²) in [5.41, 5.74) is 7.48. The Kier molecular flexibility index (Phi) is 4.69. The normalized spacial score (nSPS) is 11.4. The molecule has 2 aromatic rings. The fourth-order valence-corrected chi connectivity index (χ4v) is 2.29. The largest absolute Gasteiger partial charge is 0.370 e. The molecule has 1 aromatic heterocycles. The van der Waals surface area contributed by atoms with Gasteiger partial charge in [0.15, 0.2) is 0 Å². The van der Waals surface area contributed by atoms with Crippen molar-refractivity contribution in [3.63, 3.8) is 0 Å². The number of fused-ring (bicyclic) bond motifs is 1. The highest BCUT2D eigenvalue weighted by Crippen LogP contribution is 2.19. The number of carbonyl (C=O) groups is 1. The molecule has 4 heteroatoms. The highest BCUT2D eigenvalue weighted by Gasteiger charge is 2.13. The van der Waals surface area contributed by atoms with Crippen LogP contribution in [0.25, 0.3) is 10.9 Å². The van der Waals surface area contributed by atoms with Gasteiger partial charge >= 0.3 is 0 Å². The van der Waals surface area contributed by atoms with E-state index in [-0.39, 0.29) is 5.91 Å². The second-order valence-electron chi connectivity index (χ2n) is 5.27. The predicted octanol–water partition coefficient (Wildman–Crippen LogP) is 2.32. The lowest BCUT2D eigenvalue weighted by Gasteiger charge is -2.26. The van der Waals surface area contributed by atoms with Gasteiger partial charge in [0, 0.05) is 37.1 Å². The second-order valence-corrected chi connectivity index (χ2v) is 5.27. The zero-order valence-corrected chi connectivity index (χ0v) is 12.0. The Balaban J connectivity index is 2.22. The summed E-state index contributed by atoms with van der Waals surface area (Å²) in [7, 11) is 0. The van der Waals surface area contributed by atoms with E-state index in [1.165, 1.54) is 10.9 Å². The molecule has 2 rings (SSSR count). The van der Waals surface area contributed by atoms with E-state index in [1.807, 2.05) is 30.5 Å². The first-order chi connectivity index (χ1) is 9.58. The molecule has 0 saturated carbocycles. The minimum atomic E-state index is -0.254. The molecule has 0 spiro atoms. The van der Waals surface area contributed by atoms with Crippen molar-refractivity contribution in [2.45, 2.75) is 32.9 Å². The van der Waals surface area contributed by atoms with Crippen molar-refractivity contribution in [3.8, 4) is 0 Å². The summed E-state index contributed by atoms with van der Waals surface area (Å²) in [6.07, 6.45) is 2.23. The van der Waals surface area contributed by atoms with Crippen molar-refractivity contribution >= 4 is 16.8 Å². The Hall–Kier alpha value is -1.94. The van der Waals surface area contributed by atoms with Gasteiger partial charge in [0.1, 0.15) is 0 Å². The van der Waals surface area contributed by atoms with E-state index in [0.29, 0.717) is 19.0 Å². The molecule has 2 N–H and O–H groups in total. The summed E-state index contributed by atoms with van der Waals surface area (Å²) >= 11 is 0. The summed E-state index contributed by atoms with van der Waals surface area (Å²) in [5.74, 6) is -0.254. The van der Waals surface area contributed by atoms with E-state index >= 15 is 0 Å². The summed E-state index contributed by atoms with van der Waals surface area (Å²) < 4.78 is 0. The third-order valence-corrected chi connectivity index (χ3v) is 3.49. The van der Waals surface area contributed by atoms with Crippen molar-refractivity contribution in [1.29, 1.82) is 0 Å². The van der Waals surface area contributed by atoms with Crippen LogP contribution in [0.5, 0.6) is 0 Å². The van der Waals surface area contributed by atoms with E-state index in [0.717, 1.165) is 12.1 Å². The molecule has 0 bridgehead atoms. The van der Waals surface area contributed by atoms with Gasteiger partial charge in [0.2, 0.25) is 5.91 Å². The number of aromatic nitrogens is 1. The molecule has 0 saturated heterocycles. The fraction of sp³-hybridized carbons (Fsp3) is 0.375. The zero-order chi connectivity index (χ0) is 14.5. The SMILES string of the molecule is CC(C)N(CCC(N)=O)Cc1ccnc2ccccc12. The predicted molar refractivity (Wildman–Crippen MR) is 81.1 cm³/mol. The lowest BCUT2D eigenvalue weighted by molar-refractivity contribution is -0.118. The van der Waals surface area contributed by atoms with E-state index in [9.17, 15) is 4.79 Å². The number of nitrogens with two attached hydrogens (primary N) is 1. The minimum Gasteiger partial charge on any atom is -0.370 e. The molecule has 1 amide bonds. The molecule has 0 aliphatic heterocycles. The van der Waals surface area contributed by atoms with Crippen LogP contribution in [0.2, 0.25) is 0 Å². The summed E-state index contributed by atoms with van der Waals surface area (Å²) in [6.45, 7) is 5.74. The summed E-state index contributed by atoms with van der Waals surface area (Å²) in [6, 6.07) is 10.5.